The van der Waals surface area contributed by atoms with Gasteiger partial charge in [-0.05, 0) is 19.7 Å². The minimum Gasteiger partial charge on any atom is -0.305 e. The van der Waals surface area contributed by atoms with Crippen LogP contribution >= 0.6 is 0 Å². The molecule has 0 amide bonds. The monoisotopic (exact) mass is 181 g/mol. The van der Waals surface area contributed by atoms with Gasteiger partial charge in [0.1, 0.15) is 0 Å². The van der Waals surface area contributed by atoms with E-state index in [1.54, 1.807) is 12.1 Å². The first-order chi connectivity index (χ1) is 6.09. The van der Waals surface area contributed by atoms with E-state index in [1.165, 1.54) is 0 Å². The number of rotatable bonds is 3. The normalized spacial score (nSPS) is 10.4. The van der Waals surface area contributed by atoms with Gasteiger partial charge in [0.25, 0.3) is 4.92 Å². The molecule has 0 bridgehead atoms. The van der Waals surface area contributed by atoms with E-state index >= 15 is 0 Å². The minimum absolute atomic E-state index is 0.139. The van der Waals surface area contributed by atoms with Gasteiger partial charge in [-0.25, -0.2) is 5.21 Å². The van der Waals surface area contributed by atoms with Gasteiger partial charge >= 0.3 is 5.69 Å². The third-order valence-corrected chi connectivity index (χ3v) is 1.66. The van der Waals surface area contributed by atoms with Gasteiger partial charge in [0, 0.05) is 18.7 Å². The molecule has 13 heavy (non-hydrogen) atoms. The fourth-order valence-electron chi connectivity index (χ4n) is 1.09. The highest BCUT2D eigenvalue weighted by Crippen LogP contribution is 2.11. The van der Waals surface area contributed by atoms with Crippen LogP contribution < -0.4 is 0 Å². The van der Waals surface area contributed by atoms with E-state index in [1.807, 2.05) is 31.1 Å². The van der Waals surface area contributed by atoms with E-state index in [2.05, 4.69) is 0 Å². The molecule has 70 valence electrons. The molecule has 0 saturated heterocycles. The maximum absolute atomic E-state index is 10.4. The van der Waals surface area contributed by atoms with Gasteiger partial charge in [-0.3, -0.25) is 0 Å². The van der Waals surface area contributed by atoms with Crippen molar-refractivity contribution in [3.8, 4) is 0 Å². The van der Waals surface area contributed by atoms with Gasteiger partial charge in [0.15, 0.2) is 0 Å². The highest BCUT2D eigenvalue weighted by Gasteiger charge is 2.09. The molecule has 1 aromatic rings. The summed E-state index contributed by atoms with van der Waals surface area (Å²) >= 11 is 0. The van der Waals surface area contributed by atoms with Crippen molar-refractivity contribution < 1.29 is 10.1 Å². The highest BCUT2D eigenvalue weighted by atomic mass is 16.6. The largest absolute Gasteiger partial charge is 0.316 e. The maximum Gasteiger partial charge on any atom is 0.316 e. The predicted octanol–water partition coefficient (Wildman–Crippen LogP) is 1.55. The Morgan fingerprint density at radius 1 is 1.31 bits per heavy atom. The minimum atomic E-state index is -0.139. The average Bonchev–Trinajstić information content (AvgIpc) is 2.04. The van der Waals surface area contributed by atoms with Crippen molar-refractivity contribution in [1.29, 1.82) is 0 Å². The first-order valence-corrected chi connectivity index (χ1v) is 3.99. The first-order valence-electron chi connectivity index (χ1n) is 3.99. The van der Waals surface area contributed by atoms with Gasteiger partial charge in [0.05, 0.1) is 4.91 Å². The second-order valence-electron chi connectivity index (χ2n) is 3.18. The third-order valence-electron chi connectivity index (χ3n) is 1.66. The van der Waals surface area contributed by atoms with Crippen molar-refractivity contribution in [3.05, 3.63) is 34.7 Å². The van der Waals surface area contributed by atoms with Crippen LogP contribution in [-0.2, 0) is 6.54 Å². The van der Waals surface area contributed by atoms with Crippen LogP contribution in [0.3, 0.4) is 0 Å². The second-order valence-corrected chi connectivity index (χ2v) is 3.18. The summed E-state index contributed by atoms with van der Waals surface area (Å²) in [5.74, 6) is 0. The fraction of sp³-hybridized carbons (Fsp3) is 0.333. The lowest BCUT2D eigenvalue weighted by molar-refractivity contribution is -0.729. The van der Waals surface area contributed by atoms with Crippen molar-refractivity contribution in [3.63, 3.8) is 0 Å². The Morgan fingerprint density at radius 2 is 1.85 bits per heavy atom. The van der Waals surface area contributed by atoms with Crippen LogP contribution in [0, 0.1) is 4.91 Å². The summed E-state index contributed by atoms with van der Waals surface area (Å²) in [7, 11) is 3.94. The van der Waals surface area contributed by atoms with Crippen molar-refractivity contribution in [2.75, 3.05) is 14.1 Å². The summed E-state index contributed by atoms with van der Waals surface area (Å²) < 4.78 is 0. The van der Waals surface area contributed by atoms with Gasteiger partial charge in [-0.2, -0.15) is 0 Å². The van der Waals surface area contributed by atoms with Crippen LogP contribution in [0.15, 0.2) is 24.3 Å². The molecule has 0 aliphatic carbocycles. The second kappa shape index (κ2) is 4.00. The molecule has 0 aliphatic heterocycles. The molecule has 0 saturated carbocycles. The molecule has 4 nitrogen and oxygen atoms in total. The van der Waals surface area contributed by atoms with Crippen LogP contribution in [0.4, 0.5) is 5.69 Å². The Labute approximate surface area is 76.9 Å². The standard InChI is InChI=1S/C9H13N2O2/c1-10(2)7-8-3-5-9(6-4-8)11(12)13/h3-6H,7H2,1-2H3,(H,12,13)/q+1. The molecule has 1 aromatic carbocycles. The quantitative estimate of drug-likeness (QED) is 0.719. The zero-order valence-electron chi connectivity index (χ0n) is 7.77. The van der Waals surface area contributed by atoms with E-state index < -0.39 is 0 Å². The molecule has 4 heteroatoms. The van der Waals surface area contributed by atoms with Crippen molar-refractivity contribution >= 4 is 5.69 Å². The summed E-state index contributed by atoms with van der Waals surface area (Å²) in [4.78, 5) is 12.3. The average molecular weight is 181 g/mol. The highest BCUT2D eigenvalue weighted by molar-refractivity contribution is 5.32. The SMILES string of the molecule is CN(C)Cc1ccc([N+](=O)O)cc1. The van der Waals surface area contributed by atoms with Crippen LogP contribution in [0.2, 0.25) is 0 Å². The predicted molar refractivity (Wildman–Crippen MR) is 48.9 cm³/mol. The number of benzene rings is 1. The summed E-state index contributed by atoms with van der Waals surface area (Å²) in [6.07, 6.45) is 0. The van der Waals surface area contributed by atoms with Crippen LogP contribution in [0.5, 0.6) is 0 Å². The third kappa shape index (κ3) is 2.83. The molecule has 0 spiro atoms. The molecule has 0 aliphatic rings. The molecule has 0 fully saturated rings. The zero-order valence-corrected chi connectivity index (χ0v) is 7.77. The lowest BCUT2D eigenvalue weighted by atomic mass is 10.2. The molecule has 0 heterocycles. The van der Waals surface area contributed by atoms with Gasteiger partial charge in [-0.15, -0.1) is 0 Å². The molecule has 1 N–H and O–H groups in total. The lowest BCUT2D eigenvalue weighted by Crippen LogP contribution is -2.10. The molecule has 0 unspecified atom stereocenters. The first kappa shape index (κ1) is 9.67. The van der Waals surface area contributed by atoms with Gasteiger partial charge in [-0.1, -0.05) is 12.1 Å². The molecule has 1 rings (SSSR count). The Bertz CT molecular complexity index is 293. The Kier molecular flexibility index (Phi) is 2.97. The Hall–Kier alpha value is -1.42. The molecular formula is C9H13N2O2+. The molecule has 0 radical (unpaired) electrons. The fourth-order valence-corrected chi connectivity index (χ4v) is 1.09. The summed E-state index contributed by atoms with van der Waals surface area (Å²) in [6.45, 7) is 0.824. The Balaban J connectivity index is 2.75. The van der Waals surface area contributed by atoms with Gasteiger partial charge in [0.2, 0.25) is 0 Å². The van der Waals surface area contributed by atoms with Crippen LogP contribution in [-0.4, -0.2) is 29.1 Å². The molecular weight excluding hydrogens is 168 g/mol. The van der Waals surface area contributed by atoms with E-state index in [0.717, 1.165) is 12.1 Å². The van der Waals surface area contributed by atoms with E-state index in [-0.39, 0.29) is 10.6 Å². The number of nitrogens with zero attached hydrogens (tertiary/aromatic N) is 2. The number of hydrogen-bond acceptors (Lipinski definition) is 2. The van der Waals surface area contributed by atoms with Crippen molar-refractivity contribution in [1.82, 2.24) is 4.90 Å². The van der Waals surface area contributed by atoms with Crippen LogP contribution in [0.25, 0.3) is 0 Å². The zero-order chi connectivity index (χ0) is 9.84. The smallest absolute Gasteiger partial charge is 0.305 e. The summed E-state index contributed by atoms with van der Waals surface area (Å²) in [5, 5.41) is 8.56. The summed E-state index contributed by atoms with van der Waals surface area (Å²) in [6, 6.07) is 6.81. The Morgan fingerprint density at radius 3 is 2.23 bits per heavy atom. The van der Waals surface area contributed by atoms with Crippen LogP contribution in [0.1, 0.15) is 5.56 Å². The van der Waals surface area contributed by atoms with Crippen molar-refractivity contribution in [2.45, 2.75) is 6.54 Å². The topological polar surface area (TPSA) is 43.5 Å². The summed E-state index contributed by atoms with van der Waals surface area (Å²) in [5.41, 5.74) is 1.36. The maximum atomic E-state index is 10.4. The van der Waals surface area contributed by atoms with E-state index in [0.29, 0.717) is 0 Å². The van der Waals surface area contributed by atoms with E-state index in [9.17, 15) is 4.91 Å². The molecule has 0 atom stereocenters. The lowest BCUT2D eigenvalue weighted by Gasteiger charge is -2.08. The van der Waals surface area contributed by atoms with E-state index in [4.69, 9.17) is 5.21 Å². The number of hydrogen-bond donors (Lipinski definition) is 1. The molecule has 0 aromatic heterocycles. The van der Waals surface area contributed by atoms with Gasteiger partial charge < -0.3 is 4.90 Å². The van der Waals surface area contributed by atoms with Crippen molar-refractivity contribution in [2.24, 2.45) is 0 Å².